The third-order valence-electron chi connectivity index (χ3n) is 3.77. The summed E-state index contributed by atoms with van der Waals surface area (Å²) in [6.07, 6.45) is 0.467. The molecule has 0 saturated carbocycles. The molecule has 3 N–H and O–H groups in total. The van der Waals surface area contributed by atoms with Crippen LogP contribution in [0.5, 0.6) is 0 Å². The Labute approximate surface area is 158 Å². The number of benzene rings is 1. The van der Waals surface area contributed by atoms with Crippen molar-refractivity contribution in [2.45, 2.75) is 26.4 Å². The van der Waals surface area contributed by atoms with Gasteiger partial charge in [0.1, 0.15) is 0 Å². The zero-order valence-electron chi connectivity index (χ0n) is 14.6. The average Bonchev–Trinajstić information content (AvgIpc) is 2.55. The van der Waals surface area contributed by atoms with Crippen LogP contribution in [-0.2, 0) is 22.7 Å². The van der Waals surface area contributed by atoms with Gasteiger partial charge in [-0.3, -0.25) is 4.79 Å². The van der Waals surface area contributed by atoms with E-state index in [1.807, 2.05) is 25.1 Å². The Balaban J connectivity index is 0.00000312. The first-order valence-electron chi connectivity index (χ1n) is 7.84. The molecular formula is C16H21LiN4O4. The molecule has 3 amide bonds. The number of rotatable bonds is 5. The normalized spacial score (nSPS) is 13.5. The van der Waals surface area contributed by atoms with Crippen LogP contribution in [0.4, 0.5) is 10.5 Å². The molecule has 0 fully saturated rings. The molecule has 130 valence electrons. The van der Waals surface area contributed by atoms with Gasteiger partial charge in [-0.05, 0) is 24.1 Å². The van der Waals surface area contributed by atoms with Crippen molar-refractivity contribution in [1.82, 2.24) is 15.5 Å². The minimum atomic E-state index is -1.35. The summed E-state index contributed by atoms with van der Waals surface area (Å²) in [6, 6.07) is 5.16. The molecule has 0 bridgehead atoms. The molecule has 0 radical (unpaired) electrons. The molecule has 0 spiro atoms. The van der Waals surface area contributed by atoms with Crippen LogP contribution in [0.2, 0.25) is 0 Å². The van der Waals surface area contributed by atoms with Gasteiger partial charge in [-0.25, -0.2) is 4.79 Å². The van der Waals surface area contributed by atoms with E-state index in [-0.39, 0.29) is 31.3 Å². The van der Waals surface area contributed by atoms with Crippen molar-refractivity contribution in [1.29, 1.82) is 0 Å². The Kier molecular flexibility index (Phi) is 8.32. The van der Waals surface area contributed by atoms with E-state index in [4.69, 9.17) is 0 Å². The molecule has 0 aromatic heterocycles. The van der Waals surface area contributed by atoms with Crippen molar-refractivity contribution in [2.24, 2.45) is 0 Å². The molecular weight excluding hydrogens is 319 g/mol. The minimum Gasteiger partial charge on any atom is -0.548 e. The van der Waals surface area contributed by atoms with E-state index in [2.05, 4.69) is 16.0 Å². The molecule has 8 nitrogen and oxygen atoms in total. The van der Waals surface area contributed by atoms with Crippen molar-refractivity contribution in [2.75, 3.05) is 25.0 Å². The molecule has 1 aromatic rings. The molecule has 9 heteroatoms. The maximum atomic E-state index is 12.0. The third kappa shape index (κ3) is 6.33. The molecule has 0 unspecified atom stereocenters. The summed E-state index contributed by atoms with van der Waals surface area (Å²) >= 11 is 0. The van der Waals surface area contributed by atoms with E-state index < -0.39 is 18.5 Å². The first-order chi connectivity index (χ1) is 11.5. The van der Waals surface area contributed by atoms with Crippen molar-refractivity contribution in [3.8, 4) is 0 Å². The summed E-state index contributed by atoms with van der Waals surface area (Å²) in [5, 5.41) is 18.3. The largest absolute Gasteiger partial charge is 1.00 e. The number of carboxylic acids is 1. The third-order valence-corrected chi connectivity index (χ3v) is 3.77. The maximum Gasteiger partial charge on any atom is 1.00 e. The molecule has 0 aliphatic carbocycles. The summed E-state index contributed by atoms with van der Waals surface area (Å²) < 4.78 is 0. The van der Waals surface area contributed by atoms with Gasteiger partial charge in [0, 0.05) is 38.3 Å². The predicted molar refractivity (Wildman–Crippen MR) is 85.9 cm³/mol. The summed E-state index contributed by atoms with van der Waals surface area (Å²) in [6.45, 7) is 3.42. The van der Waals surface area contributed by atoms with Gasteiger partial charge in [-0.1, -0.05) is 12.1 Å². The molecule has 2 rings (SSSR count). The van der Waals surface area contributed by atoms with Gasteiger partial charge in [0.05, 0.1) is 12.5 Å². The van der Waals surface area contributed by atoms with Crippen LogP contribution in [0.3, 0.4) is 0 Å². The fraction of sp³-hybridized carbons (Fsp3) is 0.438. The van der Waals surface area contributed by atoms with Gasteiger partial charge >= 0.3 is 24.9 Å². The predicted octanol–water partition coefficient (Wildman–Crippen LogP) is -3.60. The Morgan fingerprint density at radius 1 is 1.32 bits per heavy atom. The van der Waals surface area contributed by atoms with Gasteiger partial charge in [0.25, 0.3) is 0 Å². The van der Waals surface area contributed by atoms with Crippen LogP contribution in [0.1, 0.15) is 24.5 Å². The van der Waals surface area contributed by atoms with Gasteiger partial charge in [-0.2, -0.15) is 0 Å². The maximum absolute atomic E-state index is 12.0. The fourth-order valence-corrected chi connectivity index (χ4v) is 2.50. The van der Waals surface area contributed by atoms with E-state index in [1.54, 1.807) is 4.90 Å². The Morgan fingerprint density at radius 3 is 2.76 bits per heavy atom. The summed E-state index contributed by atoms with van der Waals surface area (Å²) in [4.78, 5) is 35.6. The number of carbonyl (C=O) groups excluding carboxylic acids is 3. The van der Waals surface area contributed by atoms with Crippen LogP contribution < -0.4 is 39.9 Å². The molecule has 25 heavy (non-hydrogen) atoms. The number of carbonyl (C=O) groups is 3. The summed E-state index contributed by atoms with van der Waals surface area (Å²) in [7, 11) is 0. The molecule has 0 saturated heterocycles. The first-order valence-corrected chi connectivity index (χ1v) is 7.84. The number of hydrogen-bond acceptors (Lipinski definition) is 5. The second-order valence-corrected chi connectivity index (χ2v) is 5.48. The molecule has 1 heterocycles. The number of fused-ring (bicyclic) bond motifs is 1. The van der Waals surface area contributed by atoms with E-state index in [0.29, 0.717) is 26.1 Å². The summed E-state index contributed by atoms with van der Waals surface area (Å²) in [5.74, 6) is -1.23. The van der Waals surface area contributed by atoms with Crippen molar-refractivity contribution in [3.05, 3.63) is 29.3 Å². The number of nitrogens with one attached hydrogen (secondary N) is 3. The molecule has 1 aromatic carbocycles. The molecule has 0 atom stereocenters. The van der Waals surface area contributed by atoms with Crippen molar-refractivity contribution in [3.63, 3.8) is 0 Å². The van der Waals surface area contributed by atoms with Crippen LogP contribution in [-0.4, -0.2) is 42.4 Å². The Hall–Kier alpha value is -2.17. The van der Waals surface area contributed by atoms with E-state index in [0.717, 1.165) is 16.8 Å². The Morgan fingerprint density at radius 2 is 2.08 bits per heavy atom. The number of aliphatic carboxylic acids is 1. The number of nitrogens with zero attached hydrogens (tertiary/aromatic N) is 1. The zero-order valence-corrected chi connectivity index (χ0v) is 14.6. The van der Waals surface area contributed by atoms with Gasteiger partial charge in [0.15, 0.2) is 0 Å². The van der Waals surface area contributed by atoms with E-state index >= 15 is 0 Å². The number of amides is 3. The monoisotopic (exact) mass is 340 g/mol. The molecule has 1 aliphatic heterocycles. The van der Waals surface area contributed by atoms with Gasteiger partial charge in [0.2, 0.25) is 5.91 Å². The Bertz CT molecular complexity index is 639. The number of hydrogen-bond donors (Lipinski definition) is 3. The minimum absolute atomic E-state index is 0. The average molecular weight is 340 g/mol. The molecule has 1 aliphatic rings. The van der Waals surface area contributed by atoms with Crippen molar-refractivity contribution >= 4 is 23.6 Å². The van der Waals surface area contributed by atoms with Crippen molar-refractivity contribution < 1.29 is 38.4 Å². The summed E-state index contributed by atoms with van der Waals surface area (Å²) in [5.41, 5.74) is 2.83. The second-order valence-electron chi connectivity index (χ2n) is 5.48. The van der Waals surface area contributed by atoms with E-state index in [1.165, 1.54) is 0 Å². The fourth-order valence-electron chi connectivity index (χ4n) is 2.50. The standard InChI is InChI=1S/C16H22N4O4.Li/c1-2-20-10-12-7-11(8-18-16(24)19-9-15(22)23)3-4-13(12)17-6-5-14(20)21;/h3-4,7,17H,2,5-6,8-10H2,1H3,(H,22,23)(H2,18,19,24);/q;+1/p-1. The van der Waals surface area contributed by atoms with Crippen LogP contribution >= 0.6 is 0 Å². The first kappa shape index (κ1) is 20.9. The SMILES string of the molecule is CCN1Cc2cc(CNC(=O)NCC(=O)[O-])ccc2NCCC1=O.[Li+]. The number of carboxylic acid groups (broad SMARTS) is 1. The second kappa shape index (κ2) is 9.96. The van der Waals surface area contributed by atoms with Crippen LogP contribution in [0.25, 0.3) is 0 Å². The quantitative estimate of drug-likeness (QED) is 0.480. The van der Waals surface area contributed by atoms with Gasteiger partial charge < -0.3 is 30.8 Å². The van der Waals surface area contributed by atoms with Crippen LogP contribution in [0, 0.1) is 0 Å². The topological polar surface area (TPSA) is 114 Å². The van der Waals surface area contributed by atoms with Gasteiger partial charge in [-0.15, -0.1) is 0 Å². The smallest absolute Gasteiger partial charge is 0.548 e. The van der Waals surface area contributed by atoms with Crippen LogP contribution in [0.15, 0.2) is 18.2 Å². The number of urea groups is 1. The van der Waals surface area contributed by atoms with E-state index in [9.17, 15) is 19.5 Å². The number of anilines is 1. The zero-order chi connectivity index (χ0) is 17.5.